The largest absolute Gasteiger partial charge is 0.481 e. The molecule has 2 fully saturated rings. The van der Waals surface area contributed by atoms with Crippen molar-refractivity contribution in [3.8, 4) is 0 Å². The van der Waals surface area contributed by atoms with Crippen LogP contribution in [0.5, 0.6) is 0 Å². The lowest BCUT2D eigenvalue weighted by atomic mass is 9.86. The summed E-state index contributed by atoms with van der Waals surface area (Å²) < 4.78 is 0. The molecule has 0 atom stereocenters. The molecule has 2 N–H and O–H groups in total. The third-order valence-electron chi connectivity index (χ3n) is 5.46. The molecule has 0 aliphatic heterocycles. The van der Waals surface area contributed by atoms with Crippen LogP contribution in [0.2, 0.25) is 0 Å². The molecule has 0 unspecified atom stereocenters. The zero-order valence-corrected chi connectivity index (χ0v) is 17.3. The second-order valence-corrected chi connectivity index (χ2v) is 7.58. The molecule has 25 heavy (non-hydrogen) atoms. The van der Waals surface area contributed by atoms with Crippen molar-refractivity contribution in [1.82, 2.24) is 0 Å². The van der Waals surface area contributed by atoms with Gasteiger partial charge in [0.25, 0.3) is 0 Å². The molecule has 0 aromatic carbocycles. The van der Waals surface area contributed by atoms with Crippen molar-refractivity contribution in [3.05, 3.63) is 0 Å². The Morgan fingerprint density at radius 2 is 0.960 bits per heavy atom. The summed E-state index contributed by atoms with van der Waals surface area (Å²) in [6, 6.07) is 0. The van der Waals surface area contributed by atoms with Crippen LogP contribution in [0.1, 0.15) is 103 Å². The summed E-state index contributed by atoms with van der Waals surface area (Å²) in [6.45, 7) is 0. The van der Waals surface area contributed by atoms with Crippen LogP contribution in [0.3, 0.4) is 0 Å². The topological polar surface area (TPSA) is 74.6 Å². The van der Waals surface area contributed by atoms with Gasteiger partial charge in [-0.25, -0.2) is 0 Å². The van der Waals surface area contributed by atoms with Crippen molar-refractivity contribution in [2.24, 2.45) is 11.8 Å². The van der Waals surface area contributed by atoms with E-state index in [0.717, 1.165) is 37.5 Å². The van der Waals surface area contributed by atoms with Gasteiger partial charge in [-0.2, -0.15) is 0 Å². The molecule has 142 valence electrons. The smallest absolute Gasteiger partial charge is 0.303 e. The summed E-state index contributed by atoms with van der Waals surface area (Å²) >= 11 is 0. The molecule has 2 aliphatic rings. The number of hydrogen-bond acceptors (Lipinski definition) is 2. The minimum atomic E-state index is -0.647. The van der Waals surface area contributed by atoms with Crippen LogP contribution in [0, 0.1) is 11.8 Å². The Kier molecular flexibility index (Phi) is 15.7. The summed E-state index contributed by atoms with van der Waals surface area (Å²) in [6.07, 6.45) is 18.3. The molecule has 2 aliphatic carbocycles. The van der Waals surface area contributed by atoms with Crippen LogP contribution in [0.15, 0.2) is 0 Å². The van der Waals surface area contributed by atoms with E-state index < -0.39 is 11.9 Å². The van der Waals surface area contributed by atoms with E-state index in [1.54, 1.807) is 0 Å². The zero-order chi connectivity index (χ0) is 17.6. The fraction of sp³-hybridized carbons (Fsp3) is 0.900. The molecule has 0 aromatic heterocycles. The molecule has 2 saturated carbocycles. The number of rotatable bonds is 8. The van der Waals surface area contributed by atoms with Crippen LogP contribution in [0.25, 0.3) is 0 Å². The quantitative estimate of drug-likeness (QED) is 0.576. The maximum absolute atomic E-state index is 10.2. The fourth-order valence-electron chi connectivity index (χ4n) is 4.04. The third kappa shape index (κ3) is 14.6. The maximum Gasteiger partial charge on any atom is 0.303 e. The average Bonchev–Trinajstić information content (AvgIpc) is 2.57. The van der Waals surface area contributed by atoms with Gasteiger partial charge in [0.1, 0.15) is 0 Å². The van der Waals surface area contributed by atoms with E-state index in [1.165, 1.54) is 64.2 Å². The number of hydrogen-bond donors (Lipinski definition) is 2. The number of carboxylic acids is 2. The summed E-state index contributed by atoms with van der Waals surface area (Å²) in [7, 11) is 0. The molecule has 4 nitrogen and oxygen atoms in total. The molecule has 0 heterocycles. The Morgan fingerprint density at radius 1 is 0.640 bits per heavy atom. The lowest BCUT2D eigenvalue weighted by Crippen LogP contribution is -2.06. The second-order valence-electron chi connectivity index (χ2n) is 7.58. The van der Waals surface area contributed by atoms with Gasteiger partial charge in [0.15, 0.2) is 0 Å². The highest BCUT2D eigenvalue weighted by Crippen LogP contribution is 2.28. The molecular weight excluding hydrogens is 329 g/mol. The normalized spacial score (nSPS) is 18.6. The summed E-state index contributed by atoms with van der Waals surface area (Å²) in [5, 5.41) is 16.9. The highest BCUT2D eigenvalue weighted by atomic mass is 24.3. The van der Waals surface area contributed by atoms with Gasteiger partial charge >= 0.3 is 11.9 Å². The van der Waals surface area contributed by atoms with Gasteiger partial charge in [-0.3, -0.25) is 9.59 Å². The first kappa shape index (κ1) is 24.7. The second kappa shape index (κ2) is 15.9. The average molecular weight is 365 g/mol. The van der Waals surface area contributed by atoms with E-state index >= 15 is 0 Å². The molecule has 2 rings (SSSR count). The van der Waals surface area contributed by atoms with Crippen molar-refractivity contribution in [2.45, 2.75) is 103 Å². The van der Waals surface area contributed by atoms with Gasteiger partial charge in [0.2, 0.25) is 0 Å². The molecule has 0 spiro atoms. The lowest BCUT2D eigenvalue weighted by molar-refractivity contribution is -0.138. The van der Waals surface area contributed by atoms with E-state index in [-0.39, 0.29) is 23.1 Å². The maximum atomic E-state index is 10.2. The van der Waals surface area contributed by atoms with Crippen LogP contribution >= 0.6 is 0 Å². The van der Waals surface area contributed by atoms with Crippen molar-refractivity contribution in [2.75, 3.05) is 0 Å². The molecule has 0 saturated heterocycles. The highest BCUT2D eigenvalue weighted by Gasteiger charge is 2.13. The van der Waals surface area contributed by atoms with Gasteiger partial charge in [-0.05, 0) is 37.5 Å². The molecule has 2 radical (unpaired) electrons. The van der Waals surface area contributed by atoms with Crippen LogP contribution < -0.4 is 0 Å². The van der Waals surface area contributed by atoms with Crippen molar-refractivity contribution in [1.29, 1.82) is 0 Å². The van der Waals surface area contributed by atoms with Gasteiger partial charge in [0, 0.05) is 35.9 Å². The van der Waals surface area contributed by atoms with E-state index in [2.05, 4.69) is 0 Å². The molecule has 0 aromatic rings. The van der Waals surface area contributed by atoms with Gasteiger partial charge in [-0.1, -0.05) is 64.2 Å². The highest BCUT2D eigenvalue weighted by molar-refractivity contribution is 5.75. The first-order valence-corrected chi connectivity index (χ1v) is 10.0. The van der Waals surface area contributed by atoms with Crippen molar-refractivity contribution >= 4 is 35.0 Å². The van der Waals surface area contributed by atoms with Crippen LogP contribution in [-0.4, -0.2) is 45.2 Å². The van der Waals surface area contributed by atoms with Gasteiger partial charge < -0.3 is 10.2 Å². The van der Waals surface area contributed by atoms with Crippen molar-refractivity contribution in [3.63, 3.8) is 0 Å². The SMILES string of the molecule is O=C(O)CCCC1CCCCC1.O=C(O)CCCC1CCCCC1.[Mg]. The van der Waals surface area contributed by atoms with E-state index in [0.29, 0.717) is 12.8 Å². The Morgan fingerprint density at radius 3 is 1.24 bits per heavy atom. The Balaban J connectivity index is 0.000000443. The Hall–Kier alpha value is -0.294. The minimum Gasteiger partial charge on any atom is -0.481 e. The predicted octanol–water partition coefficient (Wildman–Crippen LogP) is 5.26. The Bertz CT molecular complexity index is 314. The van der Waals surface area contributed by atoms with Crippen LogP contribution in [0.4, 0.5) is 0 Å². The fourth-order valence-corrected chi connectivity index (χ4v) is 4.04. The number of carbonyl (C=O) groups is 2. The minimum absolute atomic E-state index is 0. The monoisotopic (exact) mass is 364 g/mol. The summed E-state index contributed by atoms with van der Waals surface area (Å²) in [4.78, 5) is 20.5. The number of aliphatic carboxylic acids is 2. The molecule has 0 amide bonds. The first-order chi connectivity index (χ1) is 11.6. The standard InChI is InChI=1S/2C10H18O2.Mg/c2*11-10(12)8-4-7-9-5-2-1-3-6-9;/h2*9H,1-8H2,(H,11,12);. The van der Waals surface area contributed by atoms with E-state index in [4.69, 9.17) is 10.2 Å². The predicted molar refractivity (Wildman–Crippen MR) is 102 cm³/mol. The van der Waals surface area contributed by atoms with Gasteiger partial charge in [0.05, 0.1) is 0 Å². The van der Waals surface area contributed by atoms with Crippen LogP contribution in [-0.2, 0) is 9.59 Å². The molecular formula is C20H36MgO4. The number of carboxylic acid groups (broad SMARTS) is 2. The first-order valence-electron chi connectivity index (χ1n) is 10.0. The summed E-state index contributed by atoms with van der Waals surface area (Å²) in [5.74, 6) is 0.368. The third-order valence-corrected chi connectivity index (χ3v) is 5.46. The van der Waals surface area contributed by atoms with E-state index in [9.17, 15) is 9.59 Å². The molecule has 0 bridgehead atoms. The molecule has 5 heteroatoms. The lowest BCUT2D eigenvalue weighted by Gasteiger charge is -2.20. The van der Waals surface area contributed by atoms with Gasteiger partial charge in [-0.15, -0.1) is 0 Å². The Labute approximate surface area is 169 Å². The van der Waals surface area contributed by atoms with E-state index in [1.807, 2.05) is 0 Å². The van der Waals surface area contributed by atoms with Crippen molar-refractivity contribution < 1.29 is 19.8 Å². The summed E-state index contributed by atoms with van der Waals surface area (Å²) in [5.41, 5.74) is 0. The zero-order valence-electron chi connectivity index (χ0n) is 15.9.